The fraction of sp³-hybridized carbons (Fsp3) is 0.231. The molecule has 0 saturated heterocycles. The first-order valence-corrected chi connectivity index (χ1v) is 9.13. The first-order chi connectivity index (χ1) is 9.53. The van der Waals surface area contributed by atoms with Gasteiger partial charge in [-0.2, -0.15) is 0 Å². The van der Waals surface area contributed by atoms with Crippen LogP contribution in [-0.2, 0) is 16.4 Å². The molecule has 1 aromatic heterocycles. The quantitative estimate of drug-likeness (QED) is 0.816. The van der Waals surface area contributed by atoms with E-state index in [1.807, 2.05) is 12.1 Å². The summed E-state index contributed by atoms with van der Waals surface area (Å²) >= 11 is 5.11. The molecule has 0 spiro atoms. The van der Waals surface area contributed by atoms with Gasteiger partial charge in [0, 0.05) is 11.4 Å². The summed E-state index contributed by atoms with van der Waals surface area (Å²) in [7, 11) is -2.03. The molecule has 0 aliphatic carbocycles. The van der Waals surface area contributed by atoms with Crippen LogP contribution >= 0.6 is 27.3 Å². The molecule has 1 aromatic carbocycles. The molecule has 4 nitrogen and oxygen atoms in total. The standard InChI is InChI=1S/C13H15BrN2O2S2/c1-15-20(17,18)12-5-3-2-4-11(12)16-9-8-10-6-7-13(14)19-10/h2-7,15-16H,8-9H2,1H3. The van der Waals surface area contributed by atoms with Gasteiger partial charge in [0.15, 0.2) is 0 Å². The Morgan fingerprint density at radius 3 is 2.60 bits per heavy atom. The van der Waals surface area contributed by atoms with Crippen molar-refractivity contribution in [3.8, 4) is 0 Å². The van der Waals surface area contributed by atoms with Crippen molar-refractivity contribution < 1.29 is 8.42 Å². The van der Waals surface area contributed by atoms with Crippen LogP contribution in [0.15, 0.2) is 45.1 Å². The first kappa shape index (κ1) is 15.5. The van der Waals surface area contributed by atoms with Crippen LogP contribution in [0.1, 0.15) is 4.88 Å². The number of hydrogen-bond donors (Lipinski definition) is 2. The highest BCUT2D eigenvalue weighted by Gasteiger charge is 2.15. The average Bonchev–Trinajstić information content (AvgIpc) is 2.85. The van der Waals surface area contributed by atoms with E-state index in [4.69, 9.17) is 0 Å². The van der Waals surface area contributed by atoms with Crippen LogP contribution in [0.25, 0.3) is 0 Å². The van der Waals surface area contributed by atoms with Gasteiger partial charge in [-0.3, -0.25) is 0 Å². The van der Waals surface area contributed by atoms with Gasteiger partial charge in [0.2, 0.25) is 10.0 Å². The molecule has 0 amide bonds. The Balaban J connectivity index is 2.06. The minimum Gasteiger partial charge on any atom is -0.384 e. The minimum atomic E-state index is -3.44. The van der Waals surface area contributed by atoms with E-state index in [1.165, 1.54) is 11.9 Å². The molecule has 1 heterocycles. The van der Waals surface area contributed by atoms with Crippen LogP contribution in [0.5, 0.6) is 0 Å². The highest BCUT2D eigenvalue weighted by Crippen LogP contribution is 2.23. The predicted molar refractivity (Wildman–Crippen MR) is 86.9 cm³/mol. The number of thiophene rings is 1. The molecule has 7 heteroatoms. The molecule has 108 valence electrons. The number of anilines is 1. The highest BCUT2D eigenvalue weighted by molar-refractivity contribution is 9.11. The van der Waals surface area contributed by atoms with Gasteiger partial charge in [-0.05, 0) is 53.7 Å². The summed E-state index contributed by atoms with van der Waals surface area (Å²) in [4.78, 5) is 1.52. The van der Waals surface area contributed by atoms with Gasteiger partial charge in [-0.1, -0.05) is 12.1 Å². The number of para-hydroxylation sites is 1. The van der Waals surface area contributed by atoms with Gasteiger partial charge >= 0.3 is 0 Å². The Morgan fingerprint density at radius 2 is 1.95 bits per heavy atom. The van der Waals surface area contributed by atoms with E-state index < -0.39 is 10.0 Å². The van der Waals surface area contributed by atoms with Crippen molar-refractivity contribution >= 4 is 43.0 Å². The number of rotatable bonds is 6. The smallest absolute Gasteiger partial charge is 0.242 e. The third kappa shape index (κ3) is 3.82. The Morgan fingerprint density at radius 1 is 1.20 bits per heavy atom. The summed E-state index contributed by atoms with van der Waals surface area (Å²) in [5, 5.41) is 3.18. The Hall–Kier alpha value is -0.890. The highest BCUT2D eigenvalue weighted by atomic mass is 79.9. The lowest BCUT2D eigenvalue weighted by atomic mass is 10.3. The average molecular weight is 375 g/mol. The van der Waals surface area contributed by atoms with Gasteiger partial charge in [0.05, 0.1) is 9.47 Å². The Bertz CT molecular complexity index is 683. The van der Waals surface area contributed by atoms with E-state index in [1.54, 1.807) is 29.5 Å². The van der Waals surface area contributed by atoms with Crippen molar-refractivity contribution in [3.63, 3.8) is 0 Å². The molecule has 0 aliphatic rings. The molecular formula is C13H15BrN2O2S2. The maximum Gasteiger partial charge on any atom is 0.242 e. The first-order valence-electron chi connectivity index (χ1n) is 6.03. The van der Waals surface area contributed by atoms with Crippen LogP contribution in [0.3, 0.4) is 0 Å². The van der Waals surface area contributed by atoms with E-state index >= 15 is 0 Å². The summed E-state index contributed by atoms with van der Waals surface area (Å²) in [6.07, 6.45) is 0.851. The Kier molecular flexibility index (Phi) is 5.20. The van der Waals surface area contributed by atoms with Crippen molar-refractivity contribution in [3.05, 3.63) is 45.1 Å². The number of sulfonamides is 1. The molecule has 20 heavy (non-hydrogen) atoms. The maximum absolute atomic E-state index is 11.9. The second-order valence-corrected chi connectivity index (χ2v) is 8.49. The van der Waals surface area contributed by atoms with Crippen molar-refractivity contribution in [2.75, 3.05) is 18.9 Å². The van der Waals surface area contributed by atoms with Crippen molar-refractivity contribution in [1.29, 1.82) is 0 Å². The predicted octanol–water partition coefficient (Wildman–Crippen LogP) is 3.07. The molecule has 2 aromatic rings. The third-order valence-corrected chi connectivity index (χ3v) is 5.92. The van der Waals surface area contributed by atoms with Crippen LogP contribution in [0.4, 0.5) is 5.69 Å². The molecule has 0 fully saturated rings. The summed E-state index contributed by atoms with van der Waals surface area (Å²) in [5.74, 6) is 0. The van der Waals surface area contributed by atoms with Crippen molar-refractivity contribution in [1.82, 2.24) is 4.72 Å². The van der Waals surface area contributed by atoms with E-state index in [0.717, 1.165) is 10.2 Å². The topological polar surface area (TPSA) is 58.2 Å². The van der Waals surface area contributed by atoms with E-state index in [-0.39, 0.29) is 4.90 Å². The number of halogens is 1. The van der Waals surface area contributed by atoms with Crippen molar-refractivity contribution in [2.24, 2.45) is 0 Å². The summed E-state index contributed by atoms with van der Waals surface area (Å²) in [6.45, 7) is 0.684. The molecule has 0 aliphatic heterocycles. The SMILES string of the molecule is CNS(=O)(=O)c1ccccc1NCCc1ccc(Br)s1. The lowest BCUT2D eigenvalue weighted by Gasteiger charge is -2.11. The lowest BCUT2D eigenvalue weighted by Crippen LogP contribution is -2.20. The second kappa shape index (κ2) is 6.71. The molecule has 2 rings (SSSR count). The normalized spacial score (nSPS) is 11.5. The zero-order valence-electron chi connectivity index (χ0n) is 10.9. The molecule has 0 bridgehead atoms. The molecule has 0 atom stereocenters. The summed E-state index contributed by atoms with van der Waals surface area (Å²) < 4.78 is 27.2. The molecular weight excluding hydrogens is 360 g/mol. The van der Waals surface area contributed by atoms with Crippen molar-refractivity contribution in [2.45, 2.75) is 11.3 Å². The lowest BCUT2D eigenvalue weighted by molar-refractivity contribution is 0.588. The zero-order chi connectivity index (χ0) is 14.6. The third-order valence-electron chi connectivity index (χ3n) is 2.76. The van der Waals surface area contributed by atoms with E-state index in [0.29, 0.717) is 12.2 Å². The molecule has 0 unspecified atom stereocenters. The molecule has 0 saturated carbocycles. The zero-order valence-corrected chi connectivity index (χ0v) is 14.1. The maximum atomic E-state index is 11.9. The minimum absolute atomic E-state index is 0.273. The van der Waals surface area contributed by atoms with Crippen LogP contribution in [-0.4, -0.2) is 22.0 Å². The molecule has 2 N–H and O–H groups in total. The Labute approximate surface area is 131 Å². The van der Waals surface area contributed by atoms with Gasteiger partial charge in [-0.15, -0.1) is 11.3 Å². The van der Waals surface area contributed by atoms with Crippen LogP contribution in [0, 0.1) is 0 Å². The summed E-state index contributed by atoms with van der Waals surface area (Å²) in [5.41, 5.74) is 0.623. The van der Waals surface area contributed by atoms with Gasteiger partial charge < -0.3 is 5.32 Å². The monoisotopic (exact) mass is 374 g/mol. The van der Waals surface area contributed by atoms with E-state index in [2.05, 4.69) is 32.0 Å². The van der Waals surface area contributed by atoms with Gasteiger partial charge in [0.25, 0.3) is 0 Å². The van der Waals surface area contributed by atoms with Gasteiger partial charge in [-0.25, -0.2) is 13.1 Å². The number of benzene rings is 1. The number of nitrogens with one attached hydrogen (secondary N) is 2. The largest absolute Gasteiger partial charge is 0.384 e. The van der Waals surface area contributed by atoms with Crippen LogP contribution < -0.4 is 10.0 Å². The summed E-state index contributed by atoms with van der Waals surface area (Å²) in [6, 6.07) is 11.0. The fourth-order valence-corrected chi connectivity index (χ4v) is 4.15. The number of hydrogen-bond acceptors (Lipinski definition) is 4. The molecule has 0 radical (unpaired) electrons. The van der Waals surface area contributed by atoms with E-state index in [9.17, 15) is 8.42 Å². The fourth-order valence-electron chi connectivity index (χ4n) is 1.76. The second-order valence-electron chi connectivity index (χ2n) is 4.09. The van der Waals surface area contributed by atoms with Crippen LogP contribution in [0.2, 0.25) is 0 Å². The van der Waals surface area contributed by atoms with Gasteiger partial charge in [0.1, 0.15) is 4.90 Å².